The first kappa shape index (κ1) is 19.2. The summed E-state index contributed by atoms with van der Waals surface area (Å²) in [5, 5.41) is 11.8. The van der Waals surface area contributed by atoms with Gasteiger partial charge in [0.1, 0.15) is 12.4 Å². The highest BCUT2D eigenvalue weighted by Gasteiger charge is 2.11. The highest BCUT2D eigenvalue weighted by atomic mass is 16.5. The van der Waals surface area contributed by atoms with E-state index in [1.54, 1.807) is 18.2 Å². The van der Waals surface area contributed by atoms with E-state index in [9.17, 15) is 9.59 Å². The summed E-state index contributed by atoms with van der Waals surface area (Å²) in [6, 6.07) is 21.7. The normalized spacial score (nSPS) is 10.3. The second-order valence-corrected chi connectivity index (χ2v) is 6.44. The number of hydrogen-bond acceptors (Lipinski definition) is 3. The first-order chi connectivity index (χ1) is 13.5. The highest BCUT2D eigenvalue weighted by molar-refractivity contribution is 5.96. The predicted molar refractivity (Wildman–Crippen MR) is 107 cm³/mol. The molecule has 3 aromatic rings. The van der Waals surface area contributed by atoms with Gasteiger partial charge in [-0.3, -0.25) is 4.79 Å². The summed E-state index contributed by atoms with van der Waals surface area (Å²) in [5.41, 5.74) is 3.50. The molecular formula is C23H21NO4. The van der Waals surface area contributed by atoms with E-state index in [1.165, 1.54) is 12.1 Å². The Bertz CT molecular complexity index is 966. The number of benzene rings is 3. The lowest BCUT2D eigenvalue weighted by atomic mass is 10.1. The highest BCUT2D eigenvalue weighted by Crippen LogP contribution is 2.19. The van der Waals surface area contributed by atoms with Gasteiger partial charge in [-0.1, -0.05) is 48.5 Å². The monoisotopic (exact) mass is 375 g/mol. The molecule has 2 N–H and O–H groups in total. The van der Waals surface area contributed by atoms with Crippen molar-refractivity contribution in [2.45, 2.75) is 20.1 Å². The Morgan fingerprint density at radius 1 is 0.929 bits per heavy atom. The van der Waals surface area contributed by atoms with Gasteiger partial charge in [-0.25, -0.2) is 4.79 Å². The van der Waals surface area contributed by atoms with E-state index in [4.69, 9.17) is 9.84 Å². The number of amides is 1. The lowest BCUT2D eigenvalue weighted by Crippen LogP contribution is -2.23. The van der Waals surface area contributed by atoms with E-state index in [0.717, 1.165) is 16.7 Å². The fourth-order valence-corrected chi connectivity index (χ4v) is 2.72. The lowest BCUT2D eigenvalue weighted by Gasteiger charge is -2.11. The predicted octanol–water partition coefficient (Wildman–Crippen LogP) is 4.20. The summed E-state index contributed by atoms with van der Waals surface area (Å²) in [6.45, 7) is 2.62. The Morgan fingerprint density at radius 2 is 1.64 bits per heavy atom. The largest absolute Gasteiger partial charge is 0.489 e. The molecule has 0 fully saturated rings. The lowest BCUT2D eigenvalue weighted by molar-refractivity contribution is 0.0696. The van der Waals surface area contributed by atoms with Crippen LogP contribution in [0.2, 0.25) is 0 Å². The Balaban J connectivity index is 1.63. The third-order valence-electron chi connectivity index (χ3n) is 4.36. The number of nitrogens with one attached hydrogen (secondary N) is 1. The molecule has 0 atom stereocenters. The van der Waals surface area contributed by atoms with Gasteiger partial charge >= 0.3 is 5.97 Å². The van der Waals surface area contributed by atoms with E-state index in [2.05, 4.69) is 5.32 Å². The van der Waals surface area contributed by atoms with Crippen LogP contribution in [0, 0.1) is 6.92 Å². The molecule has 1 amide bonds. The van der Waals surface area contributed by atoms with Gasteiger partial charge in [0, 0.05) is 12.1 Å². The molecule has 3 aromatic carbocycles. The van der Waals surface area contributed by atoms with Gasteiger partial charge in [-0.2, -0.15) is 0 Å². The quantitative estimate of drug-likeness (QED) is 0.649. The van der Waals surface area contributed by atoms with Crippen molar-refractivity contribution in [1.82, 2.24) is 5.32 Å². The third kappa shape index (κ3) is 4.98. The maximum absolute atomic E-state index is 12.6. The Morgan fingerprint density at radius 3 is 2.32 bits per heavy atom. The number of carbonyl (C=O) groups is 2. The molecule has 3 rings (SSSR count). The maximum atomic E-state index is 12.6. The molecule has 0 radical (unpaired) electrons. The summed E-state index contributed by atoms with van der Waals surface area (Å²) >= 11 is 0. The van der Waals surface area contributed by atoms with Crippen LogP contribution in [0.1, 0.15) is 37.4 Å². The minimum Gasteiger partial charge on any atom is -0.489 e. The van der Waals surface area contributed by atoms with Crippen molar-refractivity contribution < 1.29 is 19.4 Å². The first-order valence-electron chi connectivity index (χ1n) is 8.91. The number of hydrogen-bond donors (Lipinski definition) is 2. The number of aromatic carboxylic acids is 1. The second kappa shape index (κ2) is 8.86. The van der Waals surface area contributed by atoms with Crippen LogP contribution in [0.25, 0.3) is 0 Å². The minimum atomic E-state index is -0.974. The molecule has 0 aliphatic carbocycles. The van der Waals surface area contributed by atoms with Crippen LogP contribution < -0.4 is 10.1 Å². The topological polar surface area (TPSA) is 75.6 Å². The van der Waals surface area contributed by atoms with Crippen molar-refractivity contribution in [2.75, 3.05) is 0 Å². The fourth-order valence-electron chi connectivity index (χ4n) is 2.72. The zero-order valence-corrected chi connectivity index (χ0v) is 15.5. The molecule has 0 bridgehead atoms. The maximum Gasteiger partial charge on any atom is 0.335 e. The molecule has 0 aromatic heterocycles. The number of carboxylic acids is 1. The molecule has 142 valence electrons. The molecule has 5 heteroatoms. The molecule has 0 unspecified atom stereocenters. The zero-order chi connectivity index (χ0) is 19.9. The number of rotatable bonds is 7. The summed E-state index contributed by atoms with van der Waals surface area (Å²) < 4.78 is 5.80. The Hall–Kier alpha value is -3.60. The molecule has 0 aliphatic rings. The van der Waals surface area contributed by atoms with Crippen LogP contribution in [0.3, 0.4) is 0 Å². The minimum absolute atomic E-state index is 0.204. The van der Waals surface area contributed by atoms with Crippen LogP contribution in [0.5, 0.6) is 5.75 Å². The van der Waals surface area contributed by atoms with Crippen LogP contribution in [0.15, 0.2) is 72.8 Å². The summed E-state index contributed by atoms with van der Waals surface area (Å²) in [5.74, 6) is -0.547. The zero-order valence-electron chi connectivity index (χ0n) is 15.5. The molecule has 0 saturated heterocycles. The van der Waals surface area contributed by atoms with Gasteiger partial charge in [0.2, 0.25) is 0 Å². The van der Waals surface area contributed by atoms with Gasteiger partial charge in [0.05, 0.1) is 5.56 Å². The van der Waals surface area contributed by atoms with Crippen molar-refractivity contribution in [3.05, 3.63) is 101 Å². The van der Waals surface area contributed by atoms with Gasteiger partial charge in [0.25, 0.3) is 5.91 Å². The molecule has 0 heterocycles. The van der Waals surface area contributed by atoms with Crippen molar-refractivity contribution in [3.8, 4) is 5.75 Å². The molecule has 0 aliphatic heterocycles. The second-order valence-electron chi connectivity index (χ2n) is 6.44. The fraction of sp³-hybridized carbons (Fsp3) is 0.130. The van der Waals surface area contributed by atoms with Crippen molar-refractivity contribution in [1.29, 1.82) is 0 Å². The summed E-state index contributed by atoms with van der Waals surface area (Å²) in [7, 11) is 0. The number of aryl methyl sites for hydroxylation is 1. The van der Waals surface area contributed by atoms with Crippen LogP contribution in [-0.4, -0.2) is 17.0 Å². The SMILES string of the molecule is Cc1ccc(OCc2ccccc2)cc1C(=O)NCc1ccc(C(=O)O)cc1. The van der Waals surface area contributed by atoms with E-state index >= 15 is 0 Å². The van der Waals surface area contributed by atoms with E-state index in [0.29, 0.717) is 24.5 Å². The Kier molecular flexibility index (Phi) is 6.07. The number of carbonyl (C=O) groups excluding carboxylic acids is 1. The Labute approximate surface area is 163 Å². The van der Waals surface area contributed by atoms with Crippen molar-refractivity contribution in [3.63, 3.8) is 0 Å². The van der Waals surface area contributed by atoms with E-state index in [-0.39, 0.29) is 11.5 Å². The van der Waals surface area contributed by atoms with Crippen LogP contribution >= 0.6 is 0 Å². The molecule has 28 heavy (non-hydrogen) atoms. The van der Waals surface area contributed by atoms with Gasteiger partial charge in [-0.15, -0.1) is 0 Å². The summed E-state index contributed by atoms with van der Waals surface area (Å²) in [4.78, 5) is 23.5. The molecule has 5 nitrogen and oxygen atoms in total. The standard InChI is InChI=1S/C23H21NO4/c1-16-7-12-20(28-15-18-5-3-2-4-6-18)13-21(16)22(25)24-14-17-8-10-19(11-9-17)23(26)27/h2-13H,14-15H2,1H3,(H,24,25)(H,26,27). The van der Waals surface area contributed by atoms with Crippen molar-refractivity contribution in [2.24, 2.45) is 0 Å². The van der Waals surface area contributed by atoms with Crippen LogP contribution in [-0.2, 0) is 13.2 Å². The smallest absolute Gasteiger partial charge is 0.335 e. The number of ether oxygens (including phenoxy) is 1. The van der Waals surface area contributed by atoms with Crippen LogP contribution in [0.4, 0.5) is 0 Å². The summed E-state index contributed by atoms with van der Waals surface area (Å²) in [6.07, 6.45) is 0. The molecule has 0 spiro atoms. The number of carboxylic acid groups (broad SMARTS) is 1. The van der Waals surface area contributed by atoms with Gasteiger partial charge in [-0.05, 0) is 47.9 Å². The molecular weight excluding hydrogens is 354 g/mol. The van der Waals surface area contributed by atoms with Gasteiger partial charge < -0.3 is 15.2 Å². The van der Waals surface area contributed by atoms with Gasteiger partial charge in [0.15, 0.2) is 0 Å². The average molecular weight is 375 g/mol. The van der Waals surface area contributed by atoms with E-state index < -0.39 is 5.97 Å². The van der Waals surface area contributed by atoms with E-state index in [1.807, 2.05) is 49.4 Å². The average Bonchev–Trinajstić information content (AvgIpc) is 2.72. The first-order valence-corrected chi connectivity index (χ1v) is 8.91. The molecule has 0 saturated carbocycles. The van der Waals surface area contributed by atoms with Crippen molar-refractivity contribution >= 4 is 11.9 Å². The third-order valence-corrected chi connectivity index (χ3v) is 4.36.